The molecule has 0 saturated heterocycles. The van der Waals surface area contributed by atoms with Crippen LogP contribution in [0.15, 0.2) is 11.2 Å². The van der Waals surface area contributed by atoms with E-state index in [1.165, 1.54) is 13.2 Å². The molecule has 0 fully saturated rings. The lowest BCUT2D eigenvalue weighted by Gasteiger charge is -2.07. The van der Waals surface area contributed by atoms with Gasteiger partial charge in [0, 0.05) is 24.4 Å². The third-order valence-electron chi connectivity index (χ3n) is 1.81. The van der Waals surface area contributed by atoms with Crippen molar-refractivity contribution in [3.63, 3.8) is 0 Å². The van der Waals surface area contributed by atoms with Gasteiger partial charge in [-0.05, 0) is 12.8 Å². The first-order valence-electron chi connectivity index (χ1n) is 4.95. The predicted octanol–water partition coefficient (Wildman–Crippen LogP) is 2.77. The van der Waals surface area contributed by atoms with E-state index in [1.54, 1.807) is 0 Å². The molecule has 1 atom stereocenters. The zero-order valence-corrected chi connectivity index (χ0v) is 9.74. The van der Waals surface area contributed by atoms with Crippen molar-refractivity contribution in [2.75, 3.05) is 19.5 Å². The van der Waals surface area contributed by atoms with E-state index in [0.29, 0.717) is 5.75 Å². The van der Waals surface area contributed by atoms with E-state index in [0.717, 1.165) is 25.7 Å². The van der Waals surface area contributed by atoms with Crippen LogP contribution < -0.4 is 0 Å². The molecule has 0 aromatic heterocycles. The van der Waals surface area contributed by atoms with E-state index in [9.17, 15) is 8.94 Å². The molecule has 84 valence electrons. The van der Waals surface area contributed by atoms with Crippen LogP contribution >= 0.6 is 0 Å². The molecular weight excluding hydrogens is 203 g/mol. The predicted molar refractivity (Wildman–Crippen MR) is 58.2 cm³/mol. The van der Waals surface area contributed by atoms with Crippen LogP contribution in [0.3, 0.4) is 0 Å². The van der Waals surface area contributed by atoms with Crippen molar-refractivity contribution in [2.24, 2.45) is 0 Å². The number of hydrogen-bond acceptors (Lipinski definition) is 2. The molecule has 0 aliphatic heterocycles. The molecule has 0 N–H and O–H groups in total. The topological polar surface area (TPSA) is 32.3 Å². The van der Waals surface area contributed by atoms with Gasteiger partial charge in [-0.2, -0.15) is 4.39 Å². The van der Waals surface area contributed by atoms with Crippen molar-refractivity contribution in [3.8, 4) is 0 Å². The van der Waals surface area contributed by atoms with Crippen LogP contribution in [0.25, 0.3) is 0 Å². The first-order valence-corrected chi connectivity index (χ1v) is 6.27. The largest absolute Gasteiger partial charge is 0.610 e. The summed E-state index contributed by atoms with van der Waals surface area (Å²) in [5, 5.41) is -0.552. The van der Waals surface area contributed by atoms with Gasteiger partial charge in [0.25, 0.3) is 5.16 Å². The zero-order valence-electron chi connectivity index (χ0n) is 8.92. The Labute approximate surface area is 88.7 Å². The van der Waals surface area contributed by atoms with E-state index in [4.69, 9.17) is 0 Å². The SMILES string of the molecule is CCCCCC[S+]([O-])C(F)=CCOC. The molecule has 0 saturated carbocycles. The summed E-state index contributed by atoms with van der Waals surface area (Å²) < 4.78 is 28.9. The third-order valence-corrected chi connectivity index (χ3v) is 3.07. The van der Waals surface area contributed by atoms with Crippen LogP contribution in [0.2, 0.25) is 0 Å². The van der Waals surface area contributed by atoms with Crippen LogP contribution in [0.1, 0.15) is 32.6 Å². The van der Waals surface area contributed by atoms with Crippen LogP contribution in [0, 0.1) is 0 Å². The van der Waals surface area contributed by atoms with E-state index in [1.807, 2.05) is 0 Å². The first-order chi connectivity index (χ1) is 6.72. The molecule has 0 aromatic rings. The summed E-state index contributed by atoms with van der Waals surface area (Å²) in [6, 6.07) is 0. The number of halogens is 1. The summed E-state index contributed by atoms with van der Waals surface area (Å²) >= 11 is -1.46. The smallest absolute Gasteiger partial charge is 0.298 e. The Kier molecular flexibility index (Phi) is 9.45. The van der Waals surface area contributed by atoms with E-state index in [2.05, 4.69) is 11.7 Å². The van der Waals surface area contributed by atoms with Gasteiger partial charge in [0.1, 0.15) is 5.75 Å². The number of ether oxygens (including phenoxy) is 1. The molecule has 0 aromatic carbocycles. The second kappa shape index (κ2) is 9.49. The van der Waals surface area contributed by atoms with Gasteiger partial charge in [0.2, 0.25) is 0 Å². The summed E-state index contributed by atoms with van der Waals surface area (Å²) in [4.78, 5) is 0. The highest BCUT2D eigenvalue weighted by Crippen LogP contribution is 2.12. The Hall–Kier alpha value is -0.0600. The summed E-state index contributed by atoms with van der Waals surface area (Å²) in [6.45, 7) is 2.29. The summed E-state index contributed by atoms with van der Waals surface area (Å²) in [6.07, 6.45) is 5.35. The van der Waals surface area contributed by atoms with Crippen LogP contribution in [-0.2, 0) is 15.9 Å². The Morgan fingerprint density at radius 1 is 1.43 bits per heavy atom. The highest BCUT2D eigenvalue weighted by atomic mass is 32.2. The molecule has 14 heavy (non-hydrogen) atoms. The lowest BCUT2D eigenvalue weighted by molar-refractivity contribution is 0.232. The second-order valence-electron chi connectivity index (χ2n) is 3.07. The number of unbranched alkanes of at least 4 members (excludes halogenated alkanes) is 3. The van der Waals surface area contributed by atoms with Crippen molar-refractivity contribution >= 4 is 11.2 Å². The summed E-state index contributed by atoms with van der Waals surface area (Å²) in [5.74, 6) is 0.423. The molecule has 0 aliphatic carbocycles. The fraction of sp³-hybridized carbons (Fsp3) is 0.800. The molecule has 0 radical (unpaired) electrons. The van der Waals surface area contributed by atoms with Gasteiger partial charge >= 0.3 is 0 Å². The molecule has 1 unspecified atom stereocenters. The third kappa shape index (κ3) is 7.35. The van der Waals surface area contributed by atoms with E-state index < -0.39 is 16.3 Å². The van der Waals surface area contributed by atoms with Gasteiger partial charge < -0.3 is 9.29 Å². The molecule has 0 bridgehead atoms. The maximum Gasteiger partial charge on any atom is 0.298 e. The molecule has 0 aliphatic rings. The normalized spacial score (nSPS) is 14.4. The maximum atomic E-state index is 13.0. The standard InChI is InChI=1S/C10H19FO2S/c1-3-4-5-6-9-14(12)10(11)7-8-13-2/h7H,3-6,8-9H2,1-2H3. The fourth-order valence-corrected chi connectivity index (χ4v) is 1.91. The summed E-state index contributed by atoms with van der Waals surface area (Å²) in [5.41, 5.74) is 0. The average Bonchev–Trinajstić information content (AvgIpc) is 2.20. The van der Waals surface area contributed by atoms with Crippen molar-refractivity contribution < 1.29 is 13.7 Å². The molecule has 0 amide bonds. The summed E-state index contributed by atoms with van der Waals surface area (Å²) in [7, 11) is 1.48. The van der Waals surface area contributed by atoms with Crippen molar-refractivity contribution in [1.29, 1.82) is 0 Å². The quantitative estimate of drug-likeness (QED) is 0.467. The minimum Gasteiger partial charge on any atom is -0.610 e. The van der Waals surface area contributed by atoms with Crippen LogP contribution in [0.4, 0.5) is 4.39 Å². The monoisotopic (exact) mass is 222 g/mol. The molecule has 0 spiro atoms. The van der Waals surface area contributed by atoms with Crippen molar-refractivity contribution in [3.05, 3.63) is 11.2 Å². The average molecular weight is 222 g/mol. The lowest BCUT2D eigenvalue weighted by Crippen LogP contribution is -2.07. The van der Waals surface area contributed by atoms with Crippen LogP contribution in [0.5, 0.6) is 0 Å². The molecule has 0 heterocycles. The molecule has 0 rings (SSSR count). The van der Waals surface area contributed by atoms with Gasteiger partial charge in [-0.25, -0.2) is 0 Å². The second-order valence-corrected chi connectivity index (χ2v) is 4.56. The Morgan fingerprint density at radius 3 is 2.71 bits per heavy atom. The minimum absolute atomic E-state index is 0.187. The molecular formula is C10H19FO2S. The zero-order chi connectivity index (χ0) is 10.8. The van der Waals surface area contributed by atoms with Gasteiger partial charge in [0.05, 0.1) is 6.61 Å². The lowest BCUT2D eigenvalue weighted by atomic mass is 10.2. The fourth-order valence-electron chi connectivity index (χ4n) is 0.999. The Balaban J connectivity index is 3.56. The highest BCUT2D eigenvalue weighted by molar-refractivity contribution is 7.94. The number of hydrogen-bond donors (Lipinski definition) is 0. The van der Waals surface area contributed by atoms with E-state index >= 15 is 0 Å². The maximum absolute atomic E-state index is 13.0. The van der Waals surface area contributed by atoms with Gasteiger partial charge in [-0.1, -0.05) is 19.8 Å². The van der Waals surface area contributed by atoms with Gasteiger partial charge in [0.15, 0.2) is 0 Å². The first kappa shape index (κ1) is 13.9. The Bertz CT molecular complexity index is 162. The van der Waals surface area contributed by atoms with Crippen LogP contribution in [-0.4, -0.2) is 24.0 Å². The van der Waals surface area contributed by atoms with Crippen molar-refractivity contribution in [2.45, 2.75) is 32.6 Å². The number of methoxy groups -OCH3 is 1. The number of rotatable bonds is 8. The Morgan fingerprint density at radius 2 is 2.14 bits per heavy atom. The van der Waals surface area contributed by atoms with Gasteiger partial charge in [-0.15, -0.1) is 0 Å². The molecule has 4 heteroatoms. The minimum atomic E-state index is -1.46. The van der Waals surface area contributed by atoms with Gasteiger partial charge in [-0.3, -0.25) is 0 Å². The van der Waals surface area contributed by atoms with Crippen molar-refractivity contribution in [1.82, 2.24) is 0 Å². The van der Waals surface area contributed by atoms with E-state index in [-0.39, 0.29) is 6.61 Å². The molecule has 2 nitrogen and oxygen atoms in total. The highest BCUT2D eigenvalue weighted by Gasteiger charge is 2.12.